The molecule has 1 aromatic carbocycles. The van der Waals surface area contributed by atoms with Gasteiger partial charge in [-0.1, -0.05) is 6.07 Å². The minimum Gasteiger partial charge on any atom is -0.369 e. The van der Waals surface area contributed by atoms with Gasteiger partial charge in [-0.15, -0.1) is 0 Å². The van der Waals surface area contributed by atoms with Gasteiger partial charge in [-0.3, -0.25) is 9.89 Å². The molecule has 0 fully saturated rings. The molecule has 128 valence electrons. The number of rotatable bonds is 1. The average Bonchev–Trinajstić information content (AvgIpc) is 3.04. The molecule has 2 atom stereocenters. The molecule has 25 heavy (non-hydrogen) atoms. The van der Waals surface area contributed by atoms with Crippen LogP contribution in [0, 0.1) is 11.3 Å². The summed E-state index contributed by atoms with van der Waals surface area (Å²) in [4.78, 5) is 14.9. The lowest BCUT2D eigenvalue weighted by molar-refractivity contribution is -0.00702. The van der Waals surface area contributed by atoms with Crippen molar-refractivity contribution in [3.8, 4) is 6.07 Å². The summed E-state index contributed by atoms with van der Waals surface area (Å²) in [7, 11) is 0. The van der Waals surface area contributed by atoms with Gasteiger partial charge in [0.2, 0.25) is 0 Å². The highest BCUT2D eigenvalue weighted by atomic mass is 16.5. The summed E-state index contributed by atoms with van der Waals surface area (Å²) in [6.45, 7) is 5.20. The smallest absolute Gasteiger partial charge is 0.274 e. The molecule has 0 radical (unpaired) electrons. The summed E-state index contributed by atoms with van der Waals surface area (Å²) < 4.78 is 5.80. The van der Waals surface area contributed by atoms with E-state index in [2.05, 4.69) is 16.3 Å². The molecule has 0 aliphatic carbocycles. The largest absolute Gasteiger partial charge is 0.369 e. The average molecular weight is 336 g/mol. The van der Waals surface area contributed by atoms with E-state index < -0.39 is 0 Å². The normalized spacial score (nSPS) is 22.0. The zero-order valence-corrected chi connectivity index (χ0v) is 14.4. The van der Waals surface area contributed by atoms with Crippen molar-refractivity contribution in [1.29, 1.82) is 5.26 Å². The molecular weight excluding hydrogens is 316 g/mol. The number of H-pyrrole nitrogens is 1. The summed E-state index contributed by atoms with van der Waals surface area (Å²) in [5.74, 6) is -0.0335. The van der Waals surface area contributed by atoms with E-state index in [0.717, 1.165) is 28.8 Å². The van der Waals surface area contributed by atoms with Crippen LogP contribution in [0.4, 0.5) is 0 Å². The van der Waals surface area contributed by atoms with Crippen molar-refractivity contribution >= 4 is 5.91 Å². The zero-order valence-electron chi connectivity index (χ0n) is 14.4. The van der Waals surface area contributed by atoms with Gasteiger partial charge in [-0.05, 0) is 43.5 Å². The number of ether oxygens (including phenoxy) is 1. The topological polar surface area (TPSA) is 82.0 Å². The predicted molar refractivity (Wildman–Crippen MR) is 90.9 cm³/mol. The molecule has 1 amide bonds. The predicted octanol–water partition coefficient (Wildman–Crippen LogP) is 2.50. The van der Waals surface area contributed by atoms with Crippen LogP contribution in [0.3, 0.4) is 0 Å². The molecule has 6 nitrogen and oxygen atoms in total. The summed E-state index contributed by atoms with van der Waals surface area (Å²) in [5, 5.41) is 16.3. The fourth-order valence-electron chi connectivity index (χ4n) is 3.80. The first kappa shape index (κ1) is 15.9. The Balaban J connectivity index is 1.60. The van der Waals surface area contributed by atoms with Crippen LogP contribution >= 0.6 is 0 Å². The molecule has 0 bridgehead atoms. The fraction of sp³-hybridized carbons (Fsp3) is 0.421. The number of amides is 1. The highest BCUT2D eigenvalue weighted by Gasteiger charge is 2.32. The number of hydrogen-bond acceptors (Lipinski definition) is 4. The Bertz CT molecular complexity index is 880. The Morgan fingerprint density at radius 1 is 1.40 bits per heavy atom. The van der Waals surface area contributed by atoms with E-state index in [1.807, 2.05) is 36.9 Å². The quantitative estimate of drug-likeness (QED) is 0.867. The van der Waals surface area contributed by atoms with Gasteiger partial charge in [0, 0.05) is 25.1 Å². The van der Waals surface area contributed by atoms with Crippen molar-refractivity contribution in [3.05, 3.63) is 51.8 Å². The summed E-state index contributed by atoms with van der Waals surface area (Å²) in [5.41, 5.74) is 5.35. The molecule has 2 aliphatic heterocycles. The number of nitrogens with zero attached hydrogens (tertiary/aromatic N) is 3. The first-order chi connectivity index (χ1) is 12.1. The highest BCUT2D eigenvalue weighted by molar-refractivity contribution is 5.94. The Morgan fingerprint density at radius 3 is 3.04 bits per heavy atom. The number of hydrogen-bond donors (Lipinski definition) is 1. The van der Waals surface area contributed by atoms with Crippen molar-refractivity contribution < 1.29 is 9.53 Å². The number of fused-ring (bicyclic) bond motifs is 2. The number of carbonyl (C=O) groups excluding carboxylic acids is 1. The number of aromatic nitrogens is 2. The van der Waals surface area contributed by atoms with Gasteiger partial charge in [-0.2, -0.15) is 10.4 Å². The first-order valence-electron chi connectivity index (χ1n) is 8.60. The number of nitriles is 1. The van der Waals surface area contributed by atoms with Crippen LogP contribution in [-0.2, 0) is 24.1 Å². The molecule has 1 aromatic heterocycles. The Kier molecular flexibility index (Phi) is 3.81. The molecule has 0 spiro atoms. The second-order valence-corrected chi connectivity index (χ2v) is 6.83. The fourth-order valence-corrected chi connectivity index (χ4v) is 3.80. The van der Waals surface area contributed by atoms with E-state index in [0.29, 0.717) is 30.8 Å². The lowest BCUT2D eigenvalue weighted by Crippen LogP contribution is -2.37. The van der Waals surface area contributed by atoms with E-state index in [9.17, 15) is 4.79 Å². The van der Waals surface area contributed by atoms with Crippen LogP contribution < -0.4 is 0 Å². The second-order valence-electron chi connectivity index (χ2n) is 6.83. The van der Waals surface area contributed by atoms with Gasteiger partial charge in [-0.25, -0.2) is 0 Å². The van der Waals surface area contributed by atoms with E-state index in [1.54, 1.807) is 0 Å². The molecule has 2 aliphatic rings. The molecule has 4 rings (SSSR count). The van der Waals surface area contributed by atoms with Gasteiger partial charge < -0.3 is 9.64 Å². The third-order valence-electron chi connectivity index (χ3n) is 5.07. The van der Waals surface area contributed by atoms with Crippen LogP contribution in [0.25, 0.3) is 0 Å². The van der Waals surface area contributed by atoms with Crippen LogP contribution in [0.2, 0.25) is 0 Å². The number of benzene rings is 1. The molecule has 0 saturated carbocycles. The highest BCUT2D eigenvalue weighted by Crippen LogP contribution is 2.31. The maximum atomic E-state index is 13.0. The first-order valence-corrected chi connectivity index (χ1v) is 8.60. The Morgan fingerprint density at radius 2 is 2.24 bits per heavy atom. The standard InChI is InChI=1S/C19H20N4O2/c1-11-7-16-17(12(2)25-11)21-22-18(16)19(24)23-6-5-14-8-13(9-20)3-4-15(14)10-23/h3-4,8,11-12H,5-7,10H2,1-2H3,(H,21,22)/t11-,12+/m1/s1. The van der Waals surface area contributed by atoms with Crippen molar-refractivity contribution in [3.63, 3.8) is 0 Å². The van der Waals surface area contributed by atoms with Crippen LogP contribution in [0.1, 0.15) is 58.4 Å². The Labute approximate surface area is 146 Å². The van der Waals surface area contributed by atoms with Crippen molar-refractivity contribution in [2.45, 2.75) is 45.4 Å². The maximum absolute atomic E-state index is 13.0. The van der Waals surface area contributed by atoms with Gasteiger partial charge in [0.15, 0.2) is 5.69 Å². The maximum Gasteiger partial charge on any atom is 0.274 e. The van der Waals surface area contributed by atoms with Crippen LogP contribution in [0.5, 0.6) is 0 Å². The molecular formula is C19H20N4O2. The minimum atomic E-state index is -0.0701. The SMILES string of the molecule is C[C@@H]1Cc2c(C(=O)N3CCc4cc(C#N)ccc4C3)n[nH]c2[C@H](C)O1. The molecule has 0 saturated heterocycles. The van der Waals surface area contributed by atoms with Crippen molar-refractivity contribution in [2.75, 3.05) is 6.54 Å². The van der Waals surface area contributed by atoms with Gasteiger partial charge >= 0.3 is 0 Å². The molecule has 6 heteroatoms. The minimum absolute atomic E-state index is 0.0335. The lowest BCUT2D eigenvalue weighted by Gasteiger charge is -2.29. The molecule has 2 aromatic rings. The van der Waals surface area contributed by atoms with E-state index in [-0.39, 0.29) is 18.1 Å². The summed E-state index contributed by atoms with van der Waals surface area (Å²) in [6, 6.07) is 7.85. The monoisotopic (exact) mass is 336 g/mol. The van der Waals surface area contributed by atoms with Crippen molar-refractivity contribution in [1.82, 2.24) is 15.1 Å². The van der Waals surface area contributed by atoms with Crippen LogP contribution in [-0.4, -0.2) is 33.7 Å². The third kappa shape index (κ3) is 2.71. The number of nitrogens with one attached hydrogen (secondary N) is 1. The number of carbonyl (C=O) groups is 1. The van der Waals surface area contributed by atoms with Gasteiger partial charge in [0.05, 0.1) is 29.5 Å². The lowest BCUT2D eigenvalue weighted by atomic mass is 9.96. The second kappa shape index (κ2) is 6.01. The summed E-state index contributed by atoms with van der Waals surface area (Å²) >= 11 is 0. The van der Waals surface area contributed by atoms with E-state index >= 15 is 0 Å². The summed E-state index contributed by atoms with van der Waals surface area (Å²) in [6.07, 6.45) is 1.48. The van der Waals surface area contributed by atoms with Crippen molar-refractivity contribution in [2.24, 2.45) is 0 Å². The van der Waals surface area contributed by atoms with E-state index in [1.165, 1.54) is 0 Å². The van der Waals surface area contributed by atoms with Gasteiger partial charge in [0.25, 0.3) is 5.91 Å². The molecule has 0 unspecified atom stereocenters. The van der Waals surface area contributed by atoms with Crippen LogP contribution in [0.15, 0.2) is 18.2 Å². The molecule has 3 heterocycles. The zero-order chi connectivity index (χ0) is 17.6. The Hall–Kier alpha value is -2.65. The number of aromatic amines is 1. The molecule has 1 N–H and O–H groups in total. The third-order valence-corrected chi connectivity index (χ3v) is 5.07. The van der Waals surface area contributed by atoms with E-state index in [4.69, 9.17) is 10.00 Å². The van der Waals surface area contributed by atoms with Gasteiger partial charge in [0.1, 0.15) is 0 Å².